The summed E-state index contributed by atoms with van der Waals surface area (Å²) in [6.45, 7) is 4.31. The summed E-state index contributed by atoms with van der Waals surface area (Å²) in [5, 5.41) is 3.66. The number of carbonyl (C=O) groups excluding carboxylic acids is 2. The van der Waals surface area contributed by atoms with Crippen molar-refractivity contribution in [2.75, 3.05) is 18.5 Å². The number of hydrogen-bond acceptors (Lipinski definition) is 4. The van der Waals surface area contributed by atoms with E-state index in [0.29, 0.717) is 11.4 Å². The predicted octanol–water partition coefficient (Wildman–Crippen LogP) is 2.77. The first-order valence-electron chi connectivity index (χ1n) is 8.73. The van der Waals surface area contributed by atoms with E-state index in [1.165, 1.54) is 0 Å². The van der Waals surface area contributed by atoms with E-state index in [4.69, 9.17) is 16.3 Å². The third kappa shape index (κ3) is 4.92. The number of aryl methyl sites for hydroxylation is 2. The van der Waals surface area contributed by atoms with Gasteiger partial charge in [0.15, 0.2) is 0 Å². The summed E-state index contributed by atoms with van der Waals surface area (Å²) in [6.07, 6.45) is 0.512. The first-order chi connectivity index (χ1) is 12.9. The Bertz CT molecular complexity index is 870. The number of rotatable bonds is 4. The first-order valence-corrected chi connectivity index (χ1v) is 9.11. The van der Waals surface area contributed by atoms with Crippen molar-refractivity contribution in [2.45, 2.75) is 20.3 Å². The van der Waals surface area contributed by atoms with E-state index < -0.39 is 0 Å². The van der Waals surface area contributed by atoms with Crippen molar-refractivity contribution < 1.29 is 14.3 Å². The van der Waals surface area contributed by atoms with Crippen LogP contribution in [0.25, 0.3) is 0 Å². The van der Waals surface area contributed by atoms with Gasteiger partial charge in [-0.1, -0.05) is 29.3 Å². The highest BCUT2D eigenvalue weighted by Gasteiger charge is 2.26. The minimum atomic E-state index is -0.386. The van der Waals surface area contributed by atoms with Crippen LogP contribution >= 0.6 is 11.6 Å². The van der Waals surface area contributed by atoms with Gasteiger partial charge in [-0.15, -0.1) is 0 Å². The van der Waals surface area contributed by atoms with Crippen LogP contribution in [0, 0.1) is 19.8 Å². The maximum Gasteiger partial charge on any atom is 0.257 e. The fourth-order valence-corrected chi connectivity index (χ4v) is 3.19. The molecule has 1 heterocycles. The molecule has 0 fully saturated rings. The molecule has 0 saturated carbocycles. The van der Waals surface area contributed by atoms with E-state index in [1.54, 1.807) is 18.2 Å². The second kappa shape index (κ2) is 8.31. The average Bonchev–Trinajstić information content (AvgIpc) is 2.64. The molecule has 0 aliphatic carbocycles. The van der Waals surface area contributed by atoms with Crippen molar-refractivity contribution in [3.63, 3.8) is 0 Å². The third-order valence-corrected chi connectivity index (χ3v) is 4.68. The van der Waals surface area contributed by atoms with Gasteiger partial charge in [-0.25, -0.2) is 0 Å². The normalized spacial score (nSPS) is 15.3. The summed E-state index contributed by atoms with van der Waals surface area (Å²) in [4.78, 5) is 24.3. The monoisotopic (exact) mass is 387 g/mol. The molecule has 0 saturated heterocycles. The zero-order valence-electron chi connectivity index (χ0n) is 15.3. The minimum Gasteiger partial charge on any atom is -0.492 e. The lowest BCUT2D eigenvalue weighted by atomic mass is 9.96. The second-order valence-corrected chi connectivity index (χ2v) is 7.11. The molecule has 0 unspecified atom stereocenters. The van der Waals surface area contributed by atoms with E-state index in [2.05, 4.69) is 16.2 Å². The van der Waals surface area contributed by atoms with Crippen molar-refractivity contribution >= 4 is 29.1 Å². The van der Waals surface area contributed by atoms with Crippen molar-refractivity contribution in [3.05, 3.63) is 58.1 Å². The molecule has 1 aliphatic rings. The Morgan fingerprint density at radius 2 is 1.96 bits per heavy atom. The van der Waals surface area contributed by atoms with Gasteiger partial charge in [0.2, 0.25) is 5.91 Å². The number of hydrogen-bond donors (Lipinski definition) is 3. The Kier molecular flexibility index (Phi) is 5.86. The van der Waals surface area contributed by atoms with Crippen molar-refractivity contribution in [3.8, 4) is 5.75 Å². The molecule has 2 aromatic rings. The lowest BCUT2D eigenvalue weighted by Gasteiger charge is -2.24. The summed E-state index contributed by atoms with van der Waals surface area (Å²) < 4.78 is 5.60. The number of anilines is 1. The number of nitrogens with one attached hydrogen (secondary N) is 3. The lowest BCUT2D eigenvalue weighted by Crippen LogP contribution is -2.48. The molecule has 6 nitrogen and oxygen atoms in total. The Morgan fingerprint density at radius 3 is 2.74 bits per heavy atom. The zero-order chi connectivity index (χ0) is 19.4. The molecule has 2 aromatic carbocycles. The van der Waals surface area contributed by atoms with Crippen LogP contribution in [0.1, 0.15) is 16.7 Å². The van der Waals surface area contributed by atoms with Crippen LogP contribution in [0.3, 0.4) is 0 Å². The van der Waals surface area contributed by atoms with Crippen molar-refractivity contribution in [1.29, 1.82) is 0 Å². The highest BCUT2D eigenvalue weighted by Crippen LogP contribution is 2.29. The molecular weight excluding hydrogens is 366 g/mol. The number of amides is 2. The second-order valence-electron chi connectivity index (χ2n) is 6.67. The smallest absolute Gasteiger partial charge is 0.257 e. The van der Waals surface area contributed by atoms with Crippen molar-refractivity contribution in [1.82, 2.24) is 10.9 Å². The van der Waals surface area contributed by atoms with Crippen LogP contribution in [0.15, 0.2) is 36.4 Å². The molecule has 3 N–H and O–H groups in total. The Labute approximate surface area is 163 Å². The van der Waals surface area contributed by atoms with E-state index in [1.807, 2.05) is 32.0 Å². The molecule has 1 aliphatic heterocycles. The summed E-state index contributed by atoms with van der Waals surface area (Å²) in [5.74, 6) is -0.266. The van der Waals surface area contributed by atoms with Gasteiger partial charge < -0.3 is 10.1 Å². The number of fused-ring (bicyclic) bond motifs is 1. The maximum absolute atomic E-state index is 12.3. The van der Waals surface area contributed by atoms with Gasteiger partial charge in [0.05, 0.1) is 12.5 Å². The first kappa shape index (κ1) is 19.0. The molecule has 142 valence electrons. The topological polar surface area (TPSA) is 79.5 Å². The van der Waals surface area contributed by atoms with Gasteiger partial charge in [0, 0.05) is 10.7 Å². The van der Waals surface area contributed by atoms with Gasteiger partial charge in [0.25, 0.3) is 5.91 Å². The molecule has 3 rings (SSSR count). The van der Waals surface area contributed by atoms with Crippen LogP contribution in [0.2, 0.25) is 5.02 Å². The molecular formula is C20H22ClN3O3. The fraction of sp³-hybridized carbons (Fsp3) is 0.300. The van der Waals surface area contributed by atoms with Crippen LogP contribution < -0.4 is 20.9 Å². The summed E-state index contributed by atoms with van der Waals surface area (Å²) in [7, 11) is 0. The standard InChI is InChI=1S/C20H22ClN3O3/c1-12-3-5-17(13(2)7-12)22-10-19(25)23-24-20(26)15-8-14-9-16(21)4-6-18(14)27-11-15/h3-7,9,15,22H,8,10-11H2,1-2H3,(H,23,25)(H,24,26)/t15-/m1/s1. The molecule has 2 amide bonds. The molecule has 0 spiro atoms. The predicted molar refractivity (Wildman–Crippen MR) is 105 cm³/mol. The quantitative estimate of drug-likeness (QED) is 0.705. The van der Waals surface area contributed by atoms with Gasteiger partial charge >= 0.3 is 0 Å². The highest BCUT2D eigenvalue weighted by molar-refractivity contribution is 6.30. The molecule has 7 heteroatoms. The molecule has 0 bridgehead atoms. The van der Waals surface area contributed by atoms with E-state index in [-0.39, 0.29) is 30.9 Å². The SMILES string of the molecule is Cc1ccc(NCC(=O)NNC(=O)[C@H]2COc3ccc(Cl)cc3C2)c(C)c1. The van der Waals surface area contributed by atoms with Gasteiger partial charge in [-0.3, -0.25) is 20.4 Å². The van der Waals surface area contributed by atoms with Crippen LogP contribution in [0.5, 0.6) is 5.75 Å². The summed E-state index contributed by atoms with van der Waals surface area (Å²) in [6, 6.07) is 11.3. The van der Waals surface area contributed by atoms with Crippen LogP contribution in [-0.2, 0) is 16.0 Å². The molecule has 0 aromatic heterocycles. The largest absolute Gasteiger partial charge is 0.492 e. The number of ether oxygens (including phenoxy) is 1. The minimum absolute atomic E-state index is 0.0593. The number of benzene rings is 2. The van der Waals surface area contributed by atoms with Gasteiger partial charge in [-0.05, 0) is 55.7 Å². The van der Waals surface area contributed by atoms with E-state index >= 15 is 0 Å². The number of halogens is 1. The van der Waals surface area contributed by atoms with E-state index in [9.17, 15) is 9.59 Å². The van der Waals surface area contributed by atoms with Crippen LogP contribution in [-0.4, -0.2) is 25.0 Å². The van der Waals surface area contributed by atoms with Crippen LogP contribution in [0.4, 0.5) is 5.69 Å². The van der Waals surface area contributed by atoms with Crippen molar-refractivity contribution in [2.24, 2.45) is 5.92 Å². The van der Waals surface area contributed by atoms with E-state index in [0.717, 1.165) is 28.1 Å². The number of carbonyl (C=O) groups is 2. The summed E-state index contributed by atoms with van der Waals surface area (Å²) >= 11 is 5.99. The fourth-order valence-electron chi connectivity index (χ4n) is 3.00. The Balaban J connectivity index is 1.47. The molecule has 0 radical (unpaired) electrons. The average molecular weight is 388 g/mol. The highest BCUT2D eigenvalue weighted by atomic mass is 35.5. The maximum atomic E-state index is 12.3. The Morgan fingerprint density at radius 1 is 1.15 bits per heavy atom. The zero-order valence-corrected chi connectivity index (χ0v) is 16.0. The van der Waals surface area contributed by atoms with Gasteiger partial charge in [0.1, 0.15) is 12.4 Å². The van der Waals surface area contributed by atoms with Gasteiger partial charge in [-0.2, -0.15) is 0 Å². The number of hydrazine groups is 1. The third-order valence-electron chi connectivity index (χ3n) is 4.45. The lowest BCUT2D eigenvalue weighted by molar-refractivity contribution is -0.131. The Hall–Kier alpha value is -2.73. The molecule has 27 heavy (non-hydrogen) atoms. The summed E-state index contributed by atoms with van der Waals surface area (Å²) in [5.41, 5.74) is 8.89. The molecule has 1 atom stereocenters.